The van der Waals surface area contributed by atoms with Crippen LogP contribution in [-0.2, 0) is 14.6 Å². The van der Waals surface area contributed by atoms with Gasteiger partial charge >= 0.3 is 0 Å². The molecule has 0 aromatic heterocycles. The van der Waals surface area contributed by atoms with Gasteiger partial charge in [-0.25, -0.2) is 8.42 Å². The Morgan fingerprint density at radius 2 is 2.17 bits per heavy atom. The van der Waals surface area contributed by atoms with Crippen molar-refractivity contribution in [3.05, 3.63) is 0 Å². The van der Waals surface area contributed by atoms with Gasteiger partial charge in [0.05, 0.1) is 11.5 Å². The molecule has 5 heteroatoms. The average Bonchev–Trinajstić information content (AvgIpc) is 2.28. The van der Waals surface area contributed by atoms with Gasteiger partial charge in [-0.3, -0.25) is 0 Å². The van der Waals surface area contributed by atoms with Crippen LogP contribution in [0.2, 0.25) is 0 Å². The van der Waals surface area contributed by atoms with Gasteiger partial charge in [0.15, 0.2) is 9.84 Å². The maximum absolute atomic E-state index is 11.0. The van der Waals surface area contributed by atoms with Crippen molar-refractivity contribution in [3.8, 4) is 0 Å². The summed E-state index contributed by atoms with van der Waals surface area (Å²) in [7, 11) is -2.97. The molecule has 70 valence electrons. The van der Waals surface area contributed by atoms with Crippen molar-refractivity contribution in [1.29, 1.82) is 0 Å². The summed E-state index contributed by atoms with van der Waals surface area (Å²) in [6.07, 6.45) is 0.456. The fourth-order valence-corrected chi connectivity index (χ4v) is 3.35. The molecular weight excluding hydrogens is 180 g/mol. The predicted octanol–water partition coefficient (Wildman–Crippen LogP) is -1.19. The van der Waals surface area contributed by atoms with Crippen LogP contribution in [0.4, 0.5) is 0 Å². The van der Waals surface area contributed by atoms with Crippen molar-refractivity contribution in [1.82, 2.24) is 0 Å². The van der Waals surface area contributed by atoms with E-state index in [-0.39, 0.29) is 17.4 Å². The van der Waals surface area contributed by atoms with Gasteiger partial charge in [0, 0.05) is 5.97 Å². The molecule has 0 amide bonds. The highest BCUT2D eigenvalue weighted by molar-refractivity contribution is 7.91. The molecule has 1 saturated heterocycles. The summed E-state index contributed by atoms with van der Waals surface area (Å²) >= 11 is 0. The van der Waals surface area contributed by atoms with E-state index in [1.807, 2.05) is 0 Å². The molecule has 0 spiro atoms. The topological polar surface area (TPSA) is 74.3 Å². The second kappa shape index (κ2) is 3.05. The van der Waals surface area contributed by atoms with Crippen LogP contribution in [0, 0.1) is 11.8 Å². The van der Waals surface area contributed by atoms with Crippen LogP contribution in [0.5, 0.6) is 0 Å². The Hall–Kier alpha value is -0.580. The zero-order valence-corrected chi connectivity index (χ0v) is 7.63. The molecule has 0 saturated carbocycles. The number of hydrogen-bond acceptors (Lipinski definition) is 4. The lowest BCUT2D eigenvalue weighted by Crippen LogP contribution is -2.34. The van der Waals surface area contributed by atoms with Crippen LogP contribution in [0.1, 0.15) is 13.3 Å². The average molecular weight is 191 g/mol. The molecule has 0 radical (unpaired) electrons. The van der Waals surface area contributed by atoms with E-state index in [2.05, 4.69) is 0 Å². The van der Waals surface area contributed by atoms with E-state index in [9.17, 15) is 18.3 Å². The van der Waals surface area contributed by atoms with Crippen molar-refractivity contribution in [2.75, 3.05) is 11.5 Å². The van der Waals surface area contributed by atoms with Crippen LogP contribution in [0.15, 0.2) is 0 Å². The first-order chi connectivity index (χ1) is 5.42. The Bertz CT molecular complexity index is 280. The van der Waals surface area contributed by atoms with Crippen LogP contribution in [-0.4, -0.2) is 25.9 Å². The first-order valence-corrected chi connectivity index (χ1v) is 5.66. The monoisotopic (exact) mass is 191 g/mol. The molecule has 12 heavy (non-hydrogen) atoms. The number of carbonyl (C=O) groups excluding carboxylic acids is 1. The Kier molecular flexibility index (Phi) is 2.41. The maximum Gasteiger partial charge on any atom is 0.150 e. The second-order valence-electron chi connectivity index (χ2n) is 3.27. The number of rotatable bonds is 2. The molecule has 0 aliphatic carbocycles. The third-order valence-electron chi connectivity index (χ3n) is 2.35. The van der Waals surface area contributed by atoms with Crippen LogP contribution < -0.4 is 5.11 Å². The minimum atomic E-state index is -2.97. The highest BCUT2D eigenvalue weighted by Crippen LogP contribution is 2.25. The van der Waals surface area contributed by atoms with Gasteiger partial charge in [0.2, 0.25) is 0 Å². The molecule has 4 nitrogen and oxygen atoms in total. The first-order valence-electron chi connectivity index (χ1n) is 3.83. The molecule has 1 aliphatic heterocycles. The molecular formula is C7H11O4S-. The molecule has 1 rings (SSSR count). The fourth-order valence-electron chi connectivity index (χ4n) is 1.41. The third kappa shape index (κ3) is 1.97. The molecule has 1 heterocycles. The lowest BCUT2D eigenvalue weighted by atomic mass is 9.94. The van der Waals surface area contributed by atoms with Crippen molar-refractivity contribution in [2.24, 2.45) is 11.8 Å². The van der Waals surface area contributed by atoms with Crippen molar-refractivity contribution in [2.45, 2.75) is 13.3 Å². The highest BCUT2D eigenvalue weighted by atomic mass is 32.2. The zero-order valence-electron chi connectivity index (χ0n) is 6.82. The number of aliphatic carboxylic acids is 1. The molecule has 0 N–H and O–H groups in total. The summed E-state index contributed by atoms with van der Waals surface area (Å²) in [6.45, 7) is 1.50. The third-order valence-corrected chi connectivity index (χ3v) is 4.14. The van der Waals surface area contributed by atoms with Crippen LogP contribution in [0.3, 0.4) is 0 Å². The number of carboxylic acids is 1. The van der Waals surface area contributed by atoms with Gasteiger partial charge in [-0.2, -0.15) is 0 Å². The minimum absolute atomic E-state index is 0.00213. The van der Waals surface area contributed by atoms with E-state index < -0.39 is 21.7 Å². The van der Waals surface area contributed by atoms with E-state index in [1.165, 1.54) is 6.92 Å². The Morgan fingerprint density at radius 3 is 2.50 bits per heavy atom. The van der Waals surface area contributed by atoms with Crippen molar-refractivity contribution < 1.29 is 18.3 Å². The number of carbonyl (C=O) groups is 1. The molecule has 0 aromatic rings. The van der Waals surface area contributed by atoms with E-state index in [4.69, 9.17) is 0 Å². The second-order valence-corrected chi connectivity index (χ2v) is 5.50. The fraction of sp³-hybridized carbons (Fsp3) is 0.857. The van der Waals surface area contributed by atoms with E-state index in [0.717, 1.165) is 0 Å². The van der Waals surface area contributed by atoms with E-state index >= 15 is 0 Å². The predicted molar refractivity (Wildman–Crippen MR) is 40.9 cm³/mol. The molecule has 2 atom stereocenters. The van der Waals surface area contributed by atoms with Gasteiger partial charge in [0.25, 0.3) is 0 Å². The van der Waals surface area contributed by atoms with E-state index in [1.54, 1.807) is 0 Å². The smallest absolute Gasteiger partial charge is 0.150 e. The Balaban J connectivity index is 2.64. The number of sulfone groups is 1. The number of carboxylic acid groups (broad SMARTS) is 1. The summed E-state index contributed by atoms with van der Waals surface area (Å²) < 4.78 is 21.9. The molecule has 0 bridgehead atoms. The van der Waals surface area contributed by atoms with Gasteiger partial charge in [-0.1, -0.05) is 6.92 Å². The lowest BCUT2D eigenvalue weighted by Gasteiger charge is -2.17. The summed E-state index contributed by atoms with van der Waals surface area (Å²) in [4.78, 5) is 10.4. The minimum Gasteiger partial charge on any atom is -0.550 e. The summed E-state index contributed by atoms with van der Waals surface area (Å²) in [6, 6.07) is 0. The normalized spacial score (nSPS) is 29.9. The van der Waals surface area contributed by atoms with Crippen LogP contribution in [0.25, 0.3) is 0 Å². The first kappa shape index (κ1) is 9.51. The summed E-state index contributed by atoms with van der Waals surface area (Å²) in [5.41, 5.74) is 0. The highest BCUT2D eigenvalue weighted by Gasteiger charge is 2.31. The summed E-state index contributed by atoms with van der Waals surface area (Å²) in [5, 5.41) is 10.4. The van der Waals surface area contributed by atoms with Gasteiger partial charge in [0.1, 0.15) is 0 Å². The number of hydrogen-bond donors (Lipinski definition) is 0. The van der Waals surface area contributed by atoms with Crippen molar-refractivity contribution in [3.63, 3.8) is 0 Å². The van der Waals surface area contributed by atoms with Gasteiger partial charge < -0.3 is 9.90 Å². The largest absolute Gasteiger partial charge is 0.550 e. The zero-order chi connectivity index (χ0) is 9.35. The lowest BCUT2D eigenvalue weighted by molar-refractivity contribution is -0.312. The van der Waals surface area contributed by atoms with Gasteiger partial charge in [-0.15, -0.1) is 0 Å². The molecule has 2 unspecified atom stereocenters. The van der Waals surface area contributed by atoms with Gasteiger partial charge in [-0.05, 0) is 18.3 Å². The quantitative estimate of drug-likeness (QED) is 0.550. The van der Waals surface area contributed by atoms with Crippen LogP contribution >= 0.6 is 0 Å². The summed E-state index contributed by atoms with van der Waals surface area (Å²) in [5.74, 6) is -1.93. The Labute approximate surface area is 71.5 Å². The molecule has 1 fully saturated rings. The SMILES string of the molecule is CC(C(=O)[O-])C1CCS(=O)(=O)C1. The van der Waals surface area contributed by atoms with E-state index in [0.29, 0.717) is 6.42 Å². The van der Waals surface area contributed by atoms with Crippen molar-refractivity contribution >= 4 is 15.8 Å². The molecule has 1 aliphatic rings. The Morgan fingerprint density at radius 1 is 1.58 bits per heavy atom. The maximum atomic E-state index is 11.0. The molecule has 0 aromatic carbocycles. The standard InChI is InChI=1S/C7H12O4S/c1-5(7(8)9)6-2-3-12(10,11)4-6/h5-6H,2-4H2,1H3,(H,8,9)/p-1.